The van der Waals surface area contributed by atoms with Gasteiger partial charge in [0.05, 0.1) is 19.6 Å². The predicted octanol–water partition coefficient (Wildman–Crippen LogP) is 2.98. The third-order valence-corrected chi connectivity index (χ3v) is 3.43. The molecule has 1 aromatic rings. The summed E-state index contributed by atoms with van der Waals surface area (Å²) in [4.78, 5) is 15.5. The molecule has 1 aliphatic carbocycles. The van der Waals surface area contributed by atoms with Gasteiger partial charge in [0.15, 0.2) is 5.82 Å². The number of allylic oxidation sites excluding steroid dienone is 2. The van der Waals surface area contributed by atoms with Crippen molar-refractivity contribution in [2.45, 2.75) is 26.2 Å². The van der Waals surface area contributed by atoms with Crippen LogP contribution in [-0.2, 0) is 9.53 Å². The summed E-state index contributed by atoms with van der Waals surface area (Å²) >= 11 is 0. The van der Waals surface area contributed by atoms with Crippen LogP contribution < -0.4 is 4.74 Å². The summed E-state index contributed by atoms with van der Waals surface area (Å²) in [5.74, 6) is -0.743. The molecule has 0 bridgehead atoms. The first-order chi connectivity index (χ1) is 9.67. The molecule has 0 saturated heterocycles. The molecule has 0 saturated carbocycles. The molecule has 0 fully saturated rings. The third kappa shape index (κ3) is 2.98. The van der Waals surface area contributed by atoms with Gasteiger partial charge in [-0.3, -0.25) is 4.79 Å². The zero-order chi connectivity index (χ0) is 14.5. The number of halogens is 1. The molecule has 0 radical (unpaired) electrons. The minimum Gasteiger partial charge on any atom is -0.479 e. The fourth-order valence-electron chi connectivity index (χ4n) is 2.37. The lowest BCUT2D eigenvalue weighted by atomic mass is 9.86. The molecule has 1 unspecified atom stereocenters. The maximum Gasteiger partial charge on any atom is 0.309 e. The third-order valence-electron chi connectivity index (χ3n) is 3.43. The van der Waals surface area contributed by atoms with Crippen LogP contribution in [0.2, 0.25) is 0 Å². The van der Waals surface area contributed by atoms with Gasteiger partial charge in [0.2, 0.25) is 0 Å². The van der Waals surface area contributed by atoms with E-state index in [9.17, 15) is 9.18 Å². The van der Waals surface area contributed by atoms with Gasteiger partial charge in [0, 0.05) is 11.8 Å². The highest BCUT2D eigenvalue weighted by molar-refractivity contribution is 5.75. The average molecular weight is 279 g/mol. The fraction of sp³-hybridized carbons (Fsp3) is 0.467. The van der Waals surface area contributed by atoms with Crippen molar-refractivity contribution in [2.75, 3.05) is 13.7 Å². The van der Waals surface area contributed by atoms with Gasteiger partial charge in [-0.1, -0.05) is 6.08 Å². The monoisotopic (exact) mass is 279 g/mol. The molecule has 1 aromatic heterocycles. The highest BCUT2D eigenvalue weighted by atomic mass is 19.1. The number of carbonyl (C=O) groups excluding carboxylic acids is 1. The summed E-state index contributed by atoms with van der Waals surface area (Å²) in [6, 6.07) is 1.63. The summed E-state index contributed by atoms with van der Waals surface area (Å²) in [5, 5.41) is 0. The number of aromatic nitrogens is 1. The van der Waals surface area contributed by atoms with Gasteiger partial charge < -0.3 is 9.47 Å². The number of hydrogen-bond donors (Lipinski definition) is 0. The molecular weight excluding hydrogens is 261 g/mol. The Labute approximate surface area is 117 Å². The van der Waals surface area contributed by atoms with E-state index in [1.807, 2.05) is 6.08 Å². The Hall–Kier alpha value is -1.91. The van der Waals surface area contributed by atoms with Crippen molar-refractivity contribution >= 4 is 11.5 Å². The molecule has 0 N–H and O–H groups in total. The molecule has 1 heterocycles. The molecule has 20 heavy (non-hydrogen) atoms. The van der Waals surface area contributed by atoms with Crippen LogP contribution in [0.1, 0.15) is 31.7 Å². The van der Waals surface area contributed by atoms with Crippen LogP contribution in [0.5, 0.6) is 5.88 Å². The lowest BCUT2D eigenvalue weighted by molar-refractivity contribution is -0.148. The molecule has 2 rings (SSSR count). The second kappa shape index (κ2) is 6.50. The quantitative estimate of drug-likeness (QED) is 0.795. The molecule has 0 aromatic carbocycles. The fourth-order valence-corrected chi connectivity index (χ4v) is 2.37. The van der Waals surface area contributed by atoms with E-state index in [0.717, 1.165) is 5.57 Å². The van der Waals surface area contributed by atoms with Crippen molar-refractivity contribution in [1.82, 2.24) is 4.98 Å². The van der Waals surface area contributed by atoms with Crippen LogP contribution >= 0.6 is 0 Å². The summed E-state index contributed by atoms with van der Waals surface area (Å²) in [6.45, 7) is 2.18. The van der Waals surface area contributed by atoms with Gasteiger partial charge in [-0.25, -0.2) is 9.37 Å². The Morgan fingerprint density at radius 3 is 2.95 bits per heavy atom. The first kappa shape index (κ1) is 14.5. The van der Waals surface area contributed by atoms with Gasteiger partial charge in [-0.2, -0.15) is 0 Å². The molecule has 1 atom stereocenters. The Kier molecular flexibility index (Phi) is 4.71. The largest absolute Gasteiger partial charge is 0.479 e. The van der Waals surface area contributed by atoms with Crippen molar-refractivity contribution in [3.8, 4) is 5.88 Å². The Morgan fingerprint density at radius 2 is 2.35 bits per heavy atom. The predicted molar refractivity (Wildman–Crippen MR) is 72.7 cm³/mol. The van der Waals surface area contributed by atoms with Crippen LogP contribution in [-0.4, -0.2) is 24.7 Å². The Bertz CT molecular complexity index is 528. The van der Waals surface area contributed by atoms with Crippen molar-refractivity contribution in [3.63, 3.8) is 0 Å². The first-order valence-electron chi connectivity index (χ1n) is 6.71. The molecule has 5 heteroatoms. The summed E-state index contributed by atoms with van der Waals surface area (Å²) in [7, 11) is 1.39. The van der Waals surface area contributed by atoms with Gasteiger partial charge in [-0.05, 0) is 37.8 Å². The lowest BCUT2D eigenvalue weighted by Crippen LogP contribution is -2.19. The van der Waals surface area contributed by atoms with Gasteiger partial charge in [0.1, 0.15) is 0 Å². The van der Waals surface area contributed by atoms with E-state index >= 15 is 0 Å². The van der Waals surface area contributed by atoms with E-state index in [2.05, 4.69) is 4.98 Å². The second-order valence-electron chi connectivity index (χ2n) is 4.63. The van der Waals surface area contributed by atoms with E-state index in [1.165, 1.54) is 13.3 Å². The molecule has 1 aliphatic rings. The smallest absolute Gasteiger partial charge is 0.309 e. The minimum atomic E-state index is -0.448. The van der Waals surface area contributed by atoms with E-state index in [0.29, 0.717) is 31.4 Å². The van der Waals surface area contributed by atoms with Crippen molar-refractivity contribution in [1.29, 1.82) is 0 Å². The average Bonchev–Trinajstić information content (AvgIpc) is 2.48. The van der Waals surface area contributed by atoms with E-state index in [-0.39, 0.29) is 17.8 Å². The number of pyridine rings is 1. The maximum absolute atomic E-state index is 14.1. The number of esters is 1. The number of carbonyl (C=O) groups is 1. The minimum absolute atomic E-state index is 0.00378. The van der Waals surface area contributed by atoms with Crippen LogP contribution in [0.25, 0.3) is 5.57 Å². The molecule has 0 aliphatic heterocycles. The van der Waals surface area contributed by atoms with Crippen LogP contribution in [0, 0.1) is 11.7 Å². The van der Waals surface area contributed by atoms with Gasteiger partial charge >= 0.3 is 5.97 Å². The van der Waals surface area contributed by atoms with Gasteiger partial charge in [-0.15, -0.1) is 0 Å². The first-order valence-corrected chi connectivity index (χ1v) is 6.71. The van der Waals surface area contributed by atoms with Crippen LogP contribution in [0.3, 0.4) is 0 Å². The Balaban J connectivity index is 2.14. The van der Waals surface area contributed by atoms with Crippen molar-refractivity contribution < 1.29 is 18.7 Å². The second-order valence-corrected chi connectivity index (χ2v) is 4.63. The number of rotatable bonds is 4. The number of hydrogen-bond acceptors (Lipinski definition) is 4. The van der Waals surface area contributed by atoms with E-state index in [1.54, 1.807) is 13.0 Å². The summed E-state index contributed by atoms with van der Waals surface area (Å²) in [5.41, 5.74) is 1.39. The highest BCUT2D eigenvalue weighted by Gasteiger charge is 2.24. The topological polar surface area (TPSA) is 48.4 Å². The number of methoxy groups -OCH3 is 1. The maximum atomic E-state index is 14.1. The normalized spacial score (nSPS) is 18.4. The SMILES string of the molecule is CCOC(=O)C1CC=C(c2ccnc(OC)c2F)CC1. The molecule has 0 spiro atoms. The Morgan fingerprint density at radius 1 is 1.55 bits per heavy atom. The standard InChI is InChI=1S/C15H18FNO3/c1-3-20-15(18)11-6-4-10(5-7-11)12-8-9-17-14(19-2)13(12)16/h4,8-9,11H,3,5-7H2,1-2H3. The van der Waals surface area contributed by atoms with Crippen LogP contribution in [0.15, 0.2) is 18.3 Å². The zero-order valence-corrected chi connectivity index (χ0v) is 11.7. The zero-order valence-electron chi connectivity index (χ0n) is 11.7. The van der Waals surface area contributed by atoms with Crippen molar-refractivity contribution in [2.24, 2.45) is 5.92 Å². The molecule has 0 amide bonds. The number of ether oxygens (including phenoxy) is 2. The van der Waals surface area contributed by atoms with Crippen LogP contribution in [0.4, 0.5) is 4.39 Å². The molecular formula is C15H18FNO3. The lowest BCUT2D eigenvalue weighted by Gasteiger charge is -2.21. The van der Waals surface area contributed by atoms with Crippen molar-refractivity contribution in [3.05, 3.63) is 29.7 Å². The van der Waals surface area contributed by atoms with Gasteiger partial charge in [0.25, 0.3) is 5.88 Å². The summed E-state index contributed by atoms with van der Waals surface area (Å²) in [6.07, 6.45) is 5.33. The highest BCUT2D eigenvalue weighted by Crippen LogP contribution is 2.33. The molecule has 108 valence electrons. The number of nitrogens with zero attached hydrogens (tertiary/aromatic N) is 1. The molecule has 4 nitrogen and oxygen atoms in total. The van der Waals surface area contributed by atoms with E-state index in [4.69, 9.17) is 9.47 Å². The van der Waals surface area contributed by atoms with E-state index < -0.39 is 5.82 Å². The summed E-state index contributed by atoms with van der Waals surface area (Å²) < 4.78 is 24.0.